The first-order valence-corrected chi connectivity index (χ1v) is 9.46. The molecular weight excluding hydrogens is 308 g/mol. The number of imidazole rings is 1. The molecule has 1 aliphatic rings. The topological polar surface area (TPSA) is 52.0 Å². The van der Waals surface area contributed by atoms with Crippen molar-refractivity contribution in [3.8, 4) is 0 Å². The molecule has 1 unspecified atom stereocenters. The van der Waals surface area contributed by atoms with Crippen LogP contribution in [0.4, 0.5) is 0 Å². The van der Waals surface area contributed by atoms with E-state index in [0.29, 0.717) is 12.8 Å². The molecule has 0 N–H and O–H groups in total. The highest BCUT2D eigenvalue weighted by Gasteiger charge is 2.28. The molecule has 1 atom stereocenters. The van der Waals surface area contributed by atoms with Gasteiger partial charge >= 0.3 is 0 Å². The number of rotatable bonds is 2. The van der Waals surface area contributed by atoms with Gasteiger partial charge in [0, 0.05) is 6.04 Å². The second kappa shape index (κ2) is 5.29. The van der Waals surface area contributed by atoms with Crippen LogP contribution in [0.2, 0.25) is 0 Å². The molecule has 0 saturated carbocycles. The van der Waals surface area contributed by atoms with Crippen molar-refractivity contribution in [3.05, 3.63) is 29.6 Å². The Balaban J connectivity index is 2.11. The highest BCUT2D eigenvalue weighted by atomic mass is 35.5. The van der Waals surface area contributed by atoms with Gasteiger partial charge in [-0.15, -0.1) is 11.6 Å². The van der Waals surface area contributed by atoms with Crippen LogP contribution in [0.3, 0.4) is 0 Å². The first-order chi connectivity index (χ1) is 9.87. The van der Waals surface area contributed by atoms with Crippen molar-refractivity contribution in [2.24, 2.45) is 0 Å². The average Bonchev–Trinajstić information content (AvgIpc) is 2.78. The second-order valence-corrected chi connectivity index (χ2v) is 8.79. The number of alkyl halides is 1. The summed E-state index contributed by atoms with van der Waals surface area (Å²) in [5, 5.41) is -0.198. The zero-order chi connectivity index (χ0) is 15.2. The number of fused-ring (bicyclic) bond motifs is 1. The van der Waals surface area contributed by atoms with Crippen molar-refractivity contribution >= 4 is 32.5 Å². The van der Waals surface area contributed by atoms with Gasteiger partial charge in [-0.1, -0.05) is 6.07 Å². The van der Waals surface area contributed by atoms with Crippen molar-refractivity contribution < 1.29 is 8.42 Å². The number of hydrogen-bond acceptors (Lipinski definition) is 3. The molecule has 0 amide bonds. The van der Waals surface area contributed by atoms with Crippen molar-refractivity contribution in [1.29, 1.82) is 0 Å². The Labute approximate surface area is 130 Å². The summed E-state index contributed by atoms with van der Waals surface area (Å²) >= 11 is 6.29. The van der Waals surface area contributed by atoms with Gasteiger partial charge in [-0.25, -0.2) is 13.4 Å². The highest BCUT2D eigenvalue weighted by molar-refractivity contribution is 7.91. The molecule has 1 aliphatic heterocycles. The van der Waals surface area contributed by atoms with Gasteiger partial charge in [-0.3, -0.25) is 0 Å². The van der Waals surface area contributed by atoms with Crippen molar-refractivity contribution in [3.63, 3.8) is 0 Å². The standard InChI is InChI=1S/C15H19ClN2O2S/c1-10-3-4-13-14(9-10)18(15(17-13)11(2)16)12-5-7-21(19,20)8-6-12/h3-4,9,11-12H,5-8H2,1-2H3. The summed E-state index contributed by atoms with van der Waals surface area (Å²) in [7, 11) is -2.87. The van der Waals surface area contributed by atoms with E-state index in [4.69, 9.17) is 11.6 Å². The van der Waals surface area contributed by atoms with Crippen LogP contribution in [-0.2, 0) is 9.84 Å². The molecule has 0 radical (unpaired) electrons. The van der Waals surface area contributed by atoms with Crippen LogP contribution >= 0.6 is 11.6 Å². The first kappa shape index (κ1) is 14.9. The minimum Gasteiger partial charge on any atom is -0.324 e. The number of nitrogens with zero attached hydrogens (tertiary/aromatic N) is 2. The Morgan fingerprint density at radius 3 is 2.62 bits per heavy atom. The fraction of sp³-hybridized carbons (Fsp3) is 0.533. The number of aryl methyl sites for hydroxylation is 1. The molecule has 0 aliphatic carbocycles. The van der Waals surface area contributed by atoms with Crippen LogP contribution in [-0.4, -0.2) is 29.5 Å². The van der Waals surface area contributed by atoms with Gasteiger partial charge in [0.2, 0.25) is 0 Å². The summed E-state index contributed by atoms with van der Waals surface area (Å²) in [5.74, 6) is 1.33. The number of aromatic nitrogens is 2. The molecule has 3 rings (SSSR count). The SMILES string of the molecule is Cc1ccc2nc(C(C)Cl)n(C3CCS(=O)(=O)CC3)c2c1. The molecule has 2 aromatic rings. The summed E-state index contributed by atoms with van der Waals surface area (Å²) < 4.78 is 25.5. The summed E-state index contributed by atoms with van der Waals surface area (Å²) in [6.07, 6.45) is 1.27. The Hall–Kier alpha value is -1.07. The third-order valence-corrected chi connectivity index (χ3v) is 6.03. The lowest BCUT2D eigenvalue weighted by atomic mass is 10.1. The molecule has 1 saturated heterocycles. The van der Waals surface area contributed by atoms with Gasteiger partial charge in [0.1, 0.15) is 15.7 Å². The smallest absolute Gasteiger partial charge is 0.150 e. The molecule has 1 fully saturated rings. The van der Waals surface area contributed by atoms with E-state index in [9.17, 15) is 8.42 Å². The minimum atomic E-state index is -2.87. The van der Waals surface area contributed by atoms with Crippen molar-refractivity contribution in [2.45, 2.75) is 38.1 Å². The maximum absolute atomic E-state index is 11.7. The highest BCUT2D eigenvalue weighted by Crippen LogP contribution is 2.33. The maximum atomic E-state index is 11.7. The predicted molar refractivity (Wildman–Crippen MR) is 85.7 cm³/mol. The van der Waals surface area contributed by atoms with E-state index in [1.54, 1.807) is 0 Å². The van der Waals surface area contributed by atoms with Crippen LogP contribution in [0.25, 0.3) is 11.0 Å². The van der Waals surface area contributed by atoms with Gasteiger partial charge in [0.15, 0.2) is 0 Å². The van der Waals surface area contributed by atoms with Gasteiger partial charge in [0.25, 0.3) is 0 Å². The number of benzene rings is 1. The average molecular weight is 327 g/mol. The minimum absolute atomic E-state index is 0.163. The molecule has 6 heteroatoms. The lowest BCUT2D eigenvalue weighted by molar-refractivity contribution is 0.446. The molecule has 0 spiro atoms. The molecule has 1 aromatic carbocycles. The van der Waals surface area contributed by atoms with E-state index in [2.05, 4.69) is 15.6 Å². The molecule has 21 heavy (non-hydrogen) atoms. The molecule has 0 bridgehead atoms. The van der Waals surface area contributed by atoms with Crippen LogP contribution in [0.15, 0.2) is 18.2 Å². The summed E-state index contributed by atoms with van der Waals surface area (Å²) in [6.45, 7) is 3.96. The quantitative estimate of drug-likeness (QED) is 0.795. The molecule has 1 aromatic heterocycles. The second-order valence-electron chi connectivity index (χ2n) is 5.83. The van der Waals surface area contributed by atoms with Crippen LogP contribution < -0.4 is 0 Å². The van der Waals surface area contributed by atoms with Crippen LogP contribution in [0.5, 0.6) is 0 Å². The van der Waals surface area contributed by atoms with E-state index >= 15 is 0 Å². The van der Waals surface area contributed by atoms with E-state index < -0.39 is 9.84 Å². The number of hydrogen-bond donors (Lipinski definition) is 0. The van der Waals surface area contributed by atoms with Crippen molar-refractivity contribution in [2.75, 3.05) is 11.5 Å². The maximum Gasteiger partial charge on any atom is 0.150 e. The van der Waals surface area contributed by atoms with E-state index in [1.807, 2.05) is 26.0 Å². The fourth-order valence-electron chi connectivity index (χ4n) is 3.02. The van der Waals surface area contributed by atoms with E-state index in [-0.39, 0.29) is 22.9 Å². The number of sulfone groups is 1. The zero-order valence-corrected chi connectivity index (χ0v) is 13.8. The van der Waals surface area contributed by atoms with Gasteiger partial charge in [-0.05, 0) is 44.4 Å². The fourth-order valence-corrected chi connectivity index (χ4v) is 4.64. The van der Waals surface area contributed by atoms with Gasteiger partial charge < -0.3 is 4.57 Å². The van der Waals surface area contributed by atoms with E-state index in [0.717, 1.165) is 16.9 Å². The lowest BCUT2D eigenvalue weighted by Crippen LogP contribution is -2.26. The monoisotopic (exact) mass is 326 g/mol. The molecule has 2 heterocycles. The van der Waals surface area contributed by atoms with E-state index in [1.165, 1.54) is 5.56 Å². The van der Waals surface area contributed by atoms with Gasteiger partial charge in [0.05, 0.1) is 27.9 Å². The predicted octanol–water partition coefficient (Wildman–Crippen LogP) is 3.39. The Morgan fingerprint density at radius 2 is 2.00 bits per heavy atom. The Bertz CT molecular complexity index is 766. The third kappa shape index (κ3) is 2.81. The summed E-state index contributed by atoms with van der Waals surface area (Å²) in [4.78, 5) is 4.65. The van der Waals surface area contributed by atoms with Gasteiger partial charge in [-0.2, -0.15) is 0 Å². The van der Waals surface area contributed by atoms with Crippen molar-refractivity contribution in [1.82, 2.24) is 9.55 Å². The Kier molecular flexibility index (Phi) is 3.74. The zero-order valence-electron chi connectivity index (χ0n) is 12.2. The summed E-state index contributed by atoms with van der Waals surface area (Å²) in [5.41, 5.74) is 3.15. The molecule has 4 nitrogen and oxygen atoms in total. The van der Waals surface area contributed by atoms with Crippen LogP contribution in [0.1, 0.15) is 42.6 Å². The Morgan fingerprint density at radius 1 is 1.33 bits per heavy atom. The third-order valence-electron chi connectivity index (χ3n) is 4.12. The van der Waals surface area contributed by atoms with Crippen LogP contribution in [0, 0.1) is 6.92 Å². The first-order valence-electron chi connectivity index (χ1n) is 7.20. The molecule has 114 valence electrons. The normalized spacial score (nSPS) is 20.7. The summed E-state index contributed by atoms with van der Waals surface area (Å²) in [6, 6.07) is 6.31. The largest absolute Gasteiger partial charge is 0.324 e. The number of halogens is 1. The lowest BCUT2D eigenvalue weighted by Gasteiger charge is -2.26. The molecular formula is C15H19ClN2O2S.